The third-order valence-corrected chi connectivity index (χ3v) is 3.15. The van der Waals surface area contributed by atoms with E-state index >= 15 is 0 Å². The highest BCUT2D eigenvalue weighted by Crippen LogP contribution is 2.21. The Kier molecular flexibility index (Phi) is 7.17. The first-order valence-electron chi connectivity index (χ1n) is 7.08. The monoisotopic (exact) mass is 260 g/mol. The van der Waals surface area contributed by atoms with Crippen molar-refractivity contribution in [2.75, 3.05) is 19.8 Å². The quantitative estimate of drug-likeness (QED) is 0.693. The van der Waals surface area contributed by atoms with Crippen molar-refractivity contribution in [2.24, 2.45) is 0 Å². The highest BCUT2D eigenvalue weighted by atomic mass is 16.5. The van der Waals surface area contributed by atoms with Gasteiger partial charge in [-0.1, -0.05) is 57.0 Å². The van der Waals surface area contributed by atoms with Crippen molar-refractivity contribution in [3.05, 3.63) is 35.9 Å². The molecule has 0 amide bonds. The topological polar surface area (TPSA) is 45.0 Å². The van der Waals surface area contributed by atoms with Crippen LogP contribution >= 0.6 is 0 Å². The Labute approximate surface area is 116 Å². The lowest BCUT2D eigenvalue weighted by Crippen LogP contribution is -2.45. The van der Waals surface area contributed by atoms with Gasteiger partial charge in [0.1, 0.15) is 0 Å². The molecule has 0 saturated carbocycles. The number of benzene rings is 1. The Balaban J connectivity index is 2.68. The van der Waals surface area contributed by atoms with Crippen LogP contribution < -0.4 is 5.32 Å². The largest absolute Gasteiger partial charge is 0.378 e. The highest BCUT2D eigenvalue weighted by molar-refractivity contribution is 5.31. The van der Waals surface area contributed by atoms with Gasteiger partial charge in [-0.15, -0.1) is 0 Å². The molecule has 3 nitrogen and oxygen atoms in total. The number of likely N-dealkylation sites (N-methyl/N-ethyl adjacent to an activating group) is 1. The van der Waals surface area contributed by atoms with Crippen LogP contribution in [-0.2, 0) is 10.3 Å². The summed E-state index contributed by atoms with van der Waals surface area (Å²) in [7, 11) is 0. The van der Waals surface area contributed by atoms with Crippen molar-refractivity contribution in [1.82, 2.24) is 5.32 Å². The van der Waals surface area contributed by atoms with Crippen LogP contribution in [0.4, 0.5) is 0 Å². The second-order valence-electron chi connectivity index (χ2n) is 4.67. The predicted octanol–water partition coefficient (Wildman–Crippen LogP) is 3.22. The molecule has 0 saturated heterocycles. The third kappa shape index (κ3) is 4.66. The molecule has 1 N–H and O–H groups in total. The summed E-state index contributed by atoms with van der Waals surface area (Å²) in [6.07, 6.45) is 3.41. The van der Waals surface area contributed by atoms with Crippen LogP contribution in [0.15, 0.2) is 30.3 Å². The van der Waals surface area contributed by atoms with E-state index in [4.69, 9.17) is 4.74 Å². The fourth-order valence-corrected chi connectivity index (χ4v) is 2.08. The number of hydrogen-bond acceptors (Lipinski definition) is 3. The molecule has 0 radical (unpaired) electrons. The van der Waals surface area contributed by atoms with E-state index in [2.05, 4.69) is 18.3 Å². The molecule has 1 atom stereocenters. The molecule has 0 heterocycles. The molecule has 0 aliphatic carbocycles. The molecule has 3 heteroatoms. The number of nitrogens with one attached hydrogen (secondary N) is 1. The molecule has 0 bridgehead atoms. The predicted molar refractivity (Wildman–Crippen MR) is 77.8 cm³/mol. The molecule has 0 spiro atoms. The first-order valence-corrected chi connectivity index (χ1v) is 7.08. The first-order chi connectivity index (χ1) is 9.29. The zero-order chi connectivity index (χ0) is 14.0. The molecule has 1 unspecified atom stereocenters. The van der Waals surface area contributed by atoms with Gasteiger partial charge in [-0.05, 0) is 18.5 Å². The van der Waals surface area contributed by atoms with Gasteiger partial charge in [0.25, 0.3) is 0 Å². The van der Waals surface area contributed by atoms with Crippen LogP contribution in [0.5, 0.6) is 0 Å². The first kappa shape index (κ1) is 15.7. The zero-order valence-corrected chi connectivity index (χ0v) is 12.0. The second kappa shape index (κ2) is 8.68. The van der Waals surface area contributed by atoms with Crippen molar-refractivity contribution < 1.29 is 4.74 Å². The summed E-state index contributed by atoms with van der Waals surface area (Å²) in [5, 5.41) is 12.8. The Morgan fingerprint density at radius 2 is 1.95 bits per heavy atom. The third-order valence-electron chi connectivity index (χ3n) is 3.15. The SMILES string of the molecule is CCCCCOCC(C#N)(NCC)c1ccccc1. The van der Waals surface area contributed by atoms with Gasteiger partial charge in [0.15, 0.2) is 5.54 Å². The van der Waals surface area contributed by atoms with Gasteiger partial charge in [-0.25, -0.2) is 0 Å². The molecule has 0 aliphatic rings. The van der Waals surface area contributed by atoms with E-state index in [9.17, 15) is 5.26 Å². The number of unbranched alkanes of at least 4 members (excludes halogenated alkanes) is 2. The van der Waals surface area contributed by atoms with Crippen LogP contribution in [-0.4, -0.2) is 19.8 Å². The van der Waals surface area contributed by atoms with Gasteiger partial charge in [-0.2, -0.15) is 5.26 Å². The van der Waals surface area contributed by atoms with E-state index in [0.29, 0.717) is 6.61 Å². The number of nitrogens with zero attached hydrogens (tertiary/aromatic N) is 1. The van der Waals surface area contributed by atoms with Crippen molar-refractivity contribution >= 4 is 0 Å². The Bertz CT molecular complexity index is 385. The summed E-state index contributed by atoms with van der Waals surface area (Å²) in [6.45, 7) is 6.02. The standard InChI is InChI=1S/C16H24N2O/c1-3-5-9-12-19-14-16(13-17,18-4-2)15-10-7-6-8-11-15/h6-8,10-11,18H,3-5,9,12,14H2,1-2H3. The summed E-state index contributed by atoms with van der Waals surface area (Å²) >= 11 is 0. The van der Waals surface area contributed by atoms with Crippen LogP contribution in [0, 0.1) is 11.3 Å². The minimum Gasteiger partial charge on any atom is -0.378 e. The summed E-state index contributed by atoms with van der Waals surface area (Å²) in [4.78, 5) is 0. The van der Waals surface area contributed by atoms with E-state index in [1.807, 2.05) is 37.3 Å². The van der Waals surface area contributed by atoms with Gasteiger partial charge in [0.2, 0.25) is 0 Å². The number of hydrogen-bond donors (Lipinski definition) is 1. The van der Waals surface area contributed by atoms with E-state index in [-0.39, 0.29) is 0 Å². The second-order valence-corrected chi connectivity index (χ2v) is 4.67. The van der Waals surface area contributed by atoms with Crippen molar-refractivity contribution in [2.45, 2.75) is 38.6 Å². The van der Waals surface area contributed by atoms with Crippen LogP contribution in [0.25, 0.3) is 0 Å². The Morgan fingerprint density at radius 1 is 1.21 bits per heavy atom. The van der Waals surface area contributed by atoms with Crippen molar-refractivity contribution in [3.8, 4) is 6.07 Å². The number of rotatable bonds is 9. The summed E-state index contributed by atoms with van der Waals surface area (Å²) in [5.74, 6) is 0. The van der Waals surface area contributed by atoms with E-state index in [1.165, 1.54) is 12.8 Å². The van der Waals surface area contributed by atoms with Gasteiger partial charge in [0.05, 0.1) is 12.7 Å². The molecule has 1 aromatic carbocycles. The normalized spacial score (nSPS) is 13.7. The van der Waals surface area contributed by atoms with E-state index in [1.54, 1.807) is 0 Å². The molecule has 104 valence electrons. The van der Waals surface area contributed by atoms with Crippen LogP contribution in [0.3, 0.4) is 0 Å². The Hall–Kier alpha value is -1.37. The van der Waals surface area contributed by atoms with Gasteiger partial charge in [0, 0.05) is 6.61 Å². The average molecular weight is 260 g/mol. The molecule has 0 aromatic heterocycles. The summed E-state index contributed by atoms with van der Waals surface area (Å²) in [6, 6.07) is 12.2. The number of nitriles is 1. The lowest BCUT2D eigenvalue weighted by atomic mass is 9.92. The molecular formula is C16H24N2O. The lowest BCUT2D eigenvalue weighted by molar-refractivity contribution is 0.0864. The smallest absolute Gasteiger partial charge is 0.155 e. The highest BCUT2D eigenvalue weighted by Gasteiger charge is 2.31. The fourth-order valence-electron chi connectivity index (χ4n) is 2.08. The summed E-state index contributed by atoms with van der Waals surface area (Å²) in [5.41, 5.74) is 0.234. The lowest BCUT2D eigenvalue weighted by Gasteiger charge is -2.27. The Morgan fingerprint density at radius 3 is 2.53 bits per heavy atom. The van der Waals surface area contributed by atoms with E-state index in [0.717, 1.165) is 25.1 Å². The molecular weight excluding hydrogens is 236 g/mol. The van der Waals surface area contributed by atoms with Crippen LogP contribution in [0.1, 0.15) is 38.7 Å². The maximum atomic E-state index is 9.57. The number of ether oxygens (including phenoxy) is 1. The maximum absolute atomic E-state index is 9.57. The molecule has 19 heavy (non-hydrogen) atoms. The minimum absolute atomic E-state index is 0.394. The van der Waals surface area contributed by atoms with Gasteiger partial charge < -0.3 is 4.74 Å². The summed E-state index contributed by atoms with van der Waals surface area (Å²) < 4.78 is 5.71. The fraction of sp³-hybridized carbons (Fsp3) is 0.562. The van der Waals surface area contributed by atoms with Crippen molar-refractivity contribution in [3.63, 3.8) is 0 Å². The molecule has 1 aromatic rings. The van der Waals surface area contributed by atoms with E-state index < -0.39 is 5.54 Å². The minimum atomic E-state index is -0.734. The molecule has 0 aliphatic heterocycles. The van der Waals surface area contributed by atoms with Crippen molar-refractivity contribution in [1.29, 1.82) is 5.26 Å². The maximum Gasteiger partial charge on any atom is 0.155 e. The molecule has 1 rings (SSSR count). The zero-order valence-electron chi connectivity index (χ0n) is 12.0. The van der Waals surface area contributed by atoms with Gasteiger partial charge >= 0.3 is 0 Å². The molecule has 0 fully saturated rings. The van der Waals surface area contributed by atoms with Crippen LogP contribution in [0.2, 0.25) is 0 Å². The average Bonchev–Trinajstić information content (AvgIpc) is 2.47. The van der Waals surface area contributed by atoms with Gasteiger partial charge in [-0.3, -0.25) is 5.32 Å².